The molecule has 1 atom stereocenters. The first-order valence-corrected chi connectivity index (χ1v) is 10.2. The average Bonchev–Trinajstić information content (AvgIpc) is 2.80. The minimum atomic E-state index is -2.71. The molecule has 2 aromatic heterocycles. The zero-order valence-electron chi connectivity index (χ0n) is 20.7. The topological polar surface area (TPSA) is 94.2 Å². The van der Waals surface area contributed by atoms with Crippen LogP contribution in [0.15, 0.2) is 29.1 Å². The quantitative estimate of drug-likeness (QED) is 0.564. The summed E-state index contributed by atoms with van der Waals surface area (Å²) in [7, 11) is 0. The molecule has 1 aromatic carbocycles. The summed E-state index contributed by atoms with van der Waals surface area (Å²) in [6.45, 7) is 0.414. The van der Waals surface area contributed by atoms with Crippen LogP contribution in [-0.4, -0.2) is 58.9 Å². The summed E-state index contributed by atoms with van der Waals surface area (Å²) < 4.78 is 64.4. The minimum Gasteiger partial charge on any atom is -0.365 e. The van der Waals surface area contributed by atoms with Gasteiger partial charge in [0.1, 0.15) is 23.1 Å². The number of nitrogens with zero attached hydrogens (tertiary/aromatic N) is 4. The van der Waals surface area contributed by atoms with Crippen LogP contribution in [0, 0.1) is 11.8 Å². The number of alkyl halides is 1. The van der Waals surface area contributed by atoms with E-state index in [1.165, 1.54) is 31.2 Å². The van der Waals surface area contributed by atoms with Crippen molar-refractivity contribution in [3.8, 4) is 0 Å². The SMILES string of the molecule is [2H]C([2H])([2H])NC(=O)c1ccc(N2CCN(Cc3ccc4nc([C@H](C)F)c(=O)[nH]c4c3F)CC2)c(F)n1. The summed E-state index contributed by atoms with van der Waals surface area (Å²) in [6, 6.07) is 5.68. The Morgan fingerprint density at radius 2 is 1.97 bits per heavy atom. The molecule has 3 aromatic rings. The van der Waals surface area contributed by atoms with E-state index in [1.54, 1.807) is 10.2 Å². The first kappa shape index (κ1) is 19.0. The van der Waals surface area contributed by atoms with E-state index < -0.39 is 36.4 Å². The number of aromatic nitrogens is 3. The number of amides is 1. The maximum atomic E-state index is 15.1. The fourth-order valence-corrected chi connectivity index (χ4v) is 3.81. The lowest BCUT2D eigenvalue weighted by atomic mass is 10.1. The lowest BCUT2D eigenvalue weighted by Gasteiger charge is -2.36. The van der Waals surface area contributed by atoms with Crippen LogP contribution in [-0.2, 0) is 6.54 Å². The Hall–Kier alpha value is -3.47. The Bertz CT molecular complexity index is 1360. The molecule has 2 N–H and O–H groups in total. The van der Waals surface area contributed by atoms with Crippen molar-refractivity contribution >= 4 is 22.6 Å². The third kappa shape index (κ3) is 4.54. The predicted octanol–water partition coefficient (Wildman–Crippen LogP) is 2.31. The van der Waals surface area contributed by atoms with E-state index >= 15 is 4.39 Å². The van der Waals surface area contributed by atoms with Crippen LogP contribution in [0.1, 0.15) is 39.0 Å². The highest BCUT2D eigenvalue weighted by molar-refractivity contribution is 5.92. The summed E-state index contributed by atoms with van der Waals surface area (Å²) in [5, 5.41) is 1.76. The number of carbonyl (C=O) groups is 1. The normalized spacial score (nSPS) is 17.3. The van der Waals surface area contributed by atoms with Crippen molar-refractivity contribution in [2.24, 2.45) is 0 Å². The Morgan fingerprint density at radius 3 is 2.64 bits per heavy atom. The molecule has 4 rings (SSSR count). The second kappa shape index (κ2) is 9.18. The van der Waals surface area contributed by atoms with Crippen LogP contribution in [0.25, 0.3) is 11.0 Å². The molecule has 0 bridgehead atoms. The van der Waals surface area contributed by atoms with E-state index in [2.05, 4.69) is 15.0 Å². The van der Waals surface area contributed by atoms with Crippen LogP contribution in [0.3, 0.4) is 0 Å². The molecular weight excluding hydrogens is 437 g/mol. The Morgan fingerprint density at radius 1 is 1.21 bits per heavy atom. The number of aromatic amines is 1. The smallest absolute Gasteiger partial charge is 0.273 e. The van der Waals surface area contributed by atoms with Crippen molar-refractivity contribution in [3.05, 3.63) is 63.3 Å². The van der Waals surface area contributed by atoms with Gasteiger partial charge in [0.05, 0.1) is 11.2 Å². The summed E-state index contributed by atoms with van der Waals surface area (Å²) >= 11 is 0. The number of hydrogen-bond acceptors (Lipinski definition) is 6. The second-order valence-corrected chi connectivity index (χ2v) is 7.72. The molecule has 0 radical (unpaired) electrons. The number of pyridine rings is 1. The Balaban J connectivity index is 1.43. The number of nitrogens with one attached hydrogen (secondary N) is 2. The van der Waals surface area contributed by atoms with Gasteiger partial charge in [0, 0.05) is 49.4 Å². The summed E-state index contributed by atoms with van der Waals surface area (Å²) in [6.07, 6.45) is -1.58. The van der Waals surface area contributed by atoms with Crippen LogP contribution in [0.4, 0.5) is 18.9 Å². The van der Waals surface area contributed by atoms with Gasteiger partial charge in [0.15, 0.2) is 5.82 Å². The highest BCUT2D eigenvalue weighted by Gasteiger charge is 2.23. The standard InChI is InChI=1S/C22H23F3N6O2/c1-12(23)18-22(33)29-19-14(27-18)4-3-13(17(19)24)11-30-7-9-31(10-8-30)16-6-5-15(21(32)26-2)28-20(16)25/h3-6,12H,7-11H2,1-2H3,(H,26,32)(H,29,33)/t12-/m0/s1/i2D3. The van der Waals surface area contributed by atoms with Crippen molar-refractivity contribution < 1.29 is 22.1 Å². The highest BCUT2D eigenvalue weighted by atomic mass is 19.1. The molecule has 8 nitrogen and oxygen atoms in total. The lowest BCUT2D eigenvalue weighted by Crippen LogP contribution is -2.46. The highest BCUT2D eigenvalue weighted by Crippen LogP contribution is 2.23. The van der Waals surface area contributed by atoms with Crippen molar-refractivity contribution in [3.63, 3.8) is 0 Å². The fourth-order valence-electron chi connectivity index (χ4n) is 3.81. The van der Waals surface area contributed by atoms with Gasteiger partial charge in [-0.15, -0.1) is 0 Å². The van der Waals surface area contributed by atoms with E-state index in [4.69, 9.17) is 4.11 Å². The third-order valence-corrected chi connectivity index (χ3v) is 5.57. The van der Waals surface area contributed by atoms with Crippen molar-refractivity contribution in [1.29, 1.82) is 0 Å². The van der Waals surface area contributed by atoms with E-state index in [0.717, 1.165) is 0 Å². The number of hydrogen-bond donors (Lipinski definition) is 2. The number of fused-ring (bicyclic) bond motifs is 1. The number of anilines is 1. The molecule has 11 heteroatoms. The van der Waals surface area contributed by atoms with Crippen LogP contribution >= 0.6 is 0 Å². The minimum absolute atomic E-state index is 0.0868. The second-order valence-electron chi connectivity index (χ2n) is 7.72. The number of halogens is 3. The molecule has 0 spiro atoms. The van der Waals surface area contributed by atoms with E-state index in [0.29, 0.717) is 31.7 Å². The van der Waals surface area contributed by atoms with Gasteiger partial charge in [0.2, 0.25) is 5.95 Å². The first-order valence-electron chi connectivity index (χ1n) is 11.7. The number of carbonyl (C=O) groups excluding carboxylic acids is 1. The Labute approximate surface area is 191 Å². The molecule has 3 heterocycles. The maximum Gasteiger partial charge on any atom is 0.273 e. The lowest BCUT2D eigenvalue weighted by molar-refractivity contribution is 0.0957. The van der Waals surface area contributed by atoms with E-state index in [9.17, 15) is 18.4 Å². The van der Waals surface area contributed by atoms with Crippen molar-refractivity contribution in [2.45, 2.75) is 19.6 Å². The van der Waals surface area contributed by atoms with Gasteiger partial charge in [-0.25, -0.2) is 18.7 Å². The monoisotopic (exact) mass is 463 g/mol. The van der Waals surface area contributed by atoms with Crippen LogP contribution < -0.4 is 15.8 Å². The largest absolute Gasteiger partial charge is 0.365 e. The third-order valence-electron chi connectivity index (χ3n) is 5.57. The summed E-state index contributed by atoms with van der Waals surface area (Å²) in [5.41, 5.74) is -0.877. The van der Waals surface area contributed by atoms with Gasteiger partial charge in [-0.2, -0.15) is 4.39 Å². The predicted molar refractivity (Wildman–Crippen MR) is 117 cm³/mol. The van der Waals surface area contributed by atoms with Crippen LogP contribution in [0.2, 0.25) is 0 Å². The van der Waals surface area contributed by atoms with Gasteiger partial charge < -0.3 is 15.2 Å². The number of H-pyrrole nitrogens is 1. The molecule has 1 aliphatic rings. The Kier molecular flexibility index (Phi) is 5.30. The zero-order chi connectivity index (χ0) is 26.2. The average molecular weight is 463 g/mol. The van der Waals surface area contributed by atoms with Gasteiger partial charge in [-0.1, -0.05) is 6.07 Å². The van der Waals surface area contributed by atoms with E-state index in [1.807, 2.05) is 4.90 Å². The molecular formula is C22H23F3N6O2. The number of piperazine rings is 1. The van der Waals surface area contributed by atoms with Gasteiger partial charge in [0.25, 0.3) is 11.5 Å². The van der Waals surface area contributed by atoms with Crippen LogP contribution in [0.5, 0.6) is 0 Å². The van der Waals surface area contributed by atoms with E-state index in [-0.39, 0.29) is 34.7 Å². The maximum absolute atomic E-state index is 15.1. The summed E-state index contributed by atoms with van der Waals surface area (Å²) in [4.78, 5) is 37.5. The summed E-state index contributed by atoms with van der Waals surface area (Å²) in [5.74, 6) is -2.55. The van der Waals surface area contributed by atoms with Gasteiger partial charge in [-0.05, 0) is 25.1 Å². The van der Waals surface area contributed by atoms with Crippen molar-refractivity contribution in [1.82, 2.24) is 25.2 Å². The molecule has 0 saturated carbocycles. The molecule has 174 valence electrons. The zero-order valence-corrected chi connectivity index (χ0v) is 17.7. The van der Waals surface area contributed by atoms with Crippen molar-refractivity contribution in [2.75, 3.05) is 38.1 Å². The van der Waals surface area contributed by atoms with Gasteiger partial charge in [-0.3, -0.25) is 14.5 Å². The molecule has 0 aliphatic carbocycles. The number of benzene rings is 1. The molecule has 33 heavy (non-hydrogen) atoms. The number of rotatable bonds is 5. The fraction of sp³-hybridized carbons (Fsp3) is 0.364. The molecule has 1 fully saturated rings. The first-order chi connectivity index (χ1) is 16.9. The molecule has 1 saturated heterocycles. The molecule has 0 unspecified atom stereocenters. The molecule has 1 amide bonds. The molecule has 1 aliphatic heterocycles. The van der Waals surface area contributed by atoms with Gasteiger partial charge >= 0.3 is 0 Å².